The fraction of sp³-hybridized carbons (Fsp3) is 0.571. The molecule has 2 heterocycles. The van der Waals surface area contributed by atoms with Gasteiger partial charge in [0.2, 0.25) is 0 Å². The van der Waals surface area contributed by atoms with Crippen LogP contribution >= 0.6 is 23.4 Å². The van der Waals surface area contributed by atoms with Gasteiger partial charge in [-0.2, -0.15) is 11.8 Å². The Kier molecular flexibility index (Phi) is 3.48. The van der Waals surface area contributed by atoms with E-state index in [1.54, 1.807) is 0 Å². The minimum Gasteiger partial charge on any atom is -0.493 e. The van der Waals surface area contributed by atoms with Gasteiger partial charge in [0.1, 0.15) is 5.75 Å². The molecule has 2 atom stereocenters. The lowest BCUT2D eigenvalue weighted by atomic mass is 9.93. The Bertz CT molecular complexity index is 477. The number of nitrogens with one attached hydrogen (secondary N) is 1. The summed E-state index contributed by atoms with van der Waals surface area (Å²) in [6.45, 7) is 3.04. The van der Waals surface area contributed by atoms with E-state index in [1.807, 2.05) is 18.8 Å². The zero-order valence-corrected chi connectivity index (χ0v) is 12.3. The van der Waals surface area contributed by atoms with Crippen molar-refractivity contribution >= 4 is 23.4 Å². The number of hydrogen-bond donors (Lipinski definition) is 1. The van der Waals surface area contributed by atoms with Gasteiger partial charge in [-0.1, -0.05) is 18.5 Å². The van der Waals surface area contributed by atoms with Crippen LogP contribution in [0.2, 0.25) is 5.02 Å². The molecule has 4 heteroatoms. The Morgan fingerprint density at radius 3 is 3.11 bits per heavy atom. The molecule has 0 spiro atoms. The maximum absolute atomic E-state index is 6.52. The van der Waals surface area contributed by atoms with Crippen LogP contribution in [0.5, 0.6) is 5.75 Å². The number of hydrogen-bond acceptors (Lipinski definition) is 3. The Labute approximate surface area is 117 Å². The summed E-state index contributed by atoms with van der Waals surface area (Å²) in [6, 6.07) is 2.45. The number of fused-ring (bicyclic) bond motifs is 3. The third-order valence-electron chi connectivity index (χ3n) is 3.90. The molecule has 0 amide bonds. The summed E-state index contributed by atoms with van der Waals surface area (Å²) in [5.41, 5.74) is 3.87. The molecule has 1 N–H and O–H groups in total. The van der Waals surface area contributed by atoms with Crippen LogP contribution in [0.3, 0.4) is 0 Å². The highest BCUT2D eigenvalue weighted by molar-refractivity contribution is 7.99. The van der Waals surface area contributed by atoms with E-state index in [9.17, 15) is 0 Å². The van der Waals surface area contributed by atoms with Crippen molar-refractivity contribution in [3.8, 4) is 5.75 Å². The van der Waals surface area contributed by atoms with E-state index >= 15 is 0 Å². The summed E-state index contributed by atoms with van der Waals surface area (Å²) in [6.07, 6.45) is 2.15. The van der Waals surface area contributed by atoms with Gasteiger partial charge in [-0.3, -0.25) is 0 Å². The smallest absolute Gasteiger partial charge is 0.127 e. The second-order valence-corrected chi connectivity index (χ2v) is 6.50. The quantitative estimate of drug-likeness (QED) is 0.897. The van der Waals surface area contributed by atoms with Gasteiger partial charge in [-0.25, -0.2) is 0 Å². The minimum absolute atomic E-state index is 0.339. The highest BCUT2D eigenvalue weighted by Crippen LogP contribution is 2.48. The van der Waals surface area contributed by atoms with Crippen molar-refractivity contribution in [1.82, 2.24) is 5.32 Å². The average molecular weight is 284 g/mol. The number of benzene rings is 1. The molecule has 0 aliphatic carbocycles. The molecule has 2 aliphatic rings. The lowest BCUT2D eigenvalue weighted by Gasteiger charge is -2.34. The predicted molar refractivity (Wildman–Crippen MR) is 77.8 cm³/mol. The minimum atomic E-state index is 0.339. The molecule has 1 aromatic carbocycles. The highest BCUT2D eigenvalue weighted by Gasteiger charge is 2.34. The molecule has 18 heavy (non-hydrogen) atoms. The van der Waals surface area contributed by atoms with Gasteiger partial charge in [0.05, 0.1) is 6.61 Å². The molecule has 1 aromatic rings. The van der Waals surface area contributed by atoms with Crippen molar-refractivity contribution in [1.29, 1.82) is 0 Å². The van der Waals surface area contributed by atoms with Crippen molar-refractivity contribution in [2.45, 2.75) is 36.8 Å². The van der Waals surface area contributed by atoms with Crippen LogP contribution in [0.15, 0.2) is 6.07 Å². The fourth-order valence-electron chi connectivity index (χ4n) is 3.02. The van der Waals surface area contributed by atoms with E-state index in [-0.39, 0.29) is 0 Å². The van der Waals surface area contributed by atoms with Gasteiger partial charge < -0.3 is 10.1 Å². The van der Waals surface area contributed by atoms with Gasteiger partial charge in [-0.05, 0) is 30.7 Å². The van der Waals surface area contributed by atoms with E-state index in [1.165, 1.54) is 16.7 Å². The molecule has 0 radical (unpaired) electrons. The number of halogens is 1. The fourth-order valence-corrected chi connectivity index (χ4v) is 4.75. The van der Waals surface area contributed by atoms with E-state index in [0.29, 0.717) is 11.3 Å². The average Bonchev–Trinajstić information content (AvgIpc) is 2.85. The van der Waals surface area contributed by atoms with Gasteiger partial charge in [-0.15, -0.1) is 0 Å². The maximum Gasteiger partial charge on any atom is 0.127 e. The first-order valence-electron chi connectivity index (χ1n) is 6.52. The van der Waals surface area contributed by atoms with Crippen LogP contribution in [0, 0.1) is 0 Å². The van der Waals surface area contributed by atoms with Gasteiger partial charge in [0, 0.05) is 34.1 Å². The molecular weight excluding hydrogens is 266 g/mol. The summed E-state index contributed by atoms with van der Waals surface area (Å²) in [7, 11) is 2.02. The lowest BCUT2D eigenvalue weighted by molar-refractivity contribution is 0.353. The molecule has 2 aliphatic heterocycles. The zero-order valence-electron chi connectivity index (χ0n) is 10.8. The van der Waals surface area contributed by atoms with Gasteiger partial charge >= 0.3 is 0 Å². The van der Waals surface area contributed by atoms with Gasteiger partial charge in [0.15, 0.2) is 0 Å². The third kappa shape index (κ3) is 1.84. The Morgan fingerprint density at radius 2 is 2.39 bits per heavy atom. The Balaban J connectivity index is 2.14. The third-order valence-corrected chi connectivity index (χ3v) is 5.71. The van der Waals surface area contributed by atoms with Gasteiger partial charge in [0.25, 0.3) is 0 Å². The number of thioether (sulfide) groups is 1. The zero-order chi connectivity index (χ0) is 12.7. The van der Waals surface area contributed by atoms with Crippen molar-refractivity contribution in [2.75, 3.05) is 13.7 Å². The first-order chi connectivity index (χ1) is 8.76. The van der Waals surface area contributed by atoms with Crippen molar-refractivity contribution in [3.63, 3.8) is 0 Å². The van der Waals surface area contributed by atoms with E-state index in [0.717, 1.165) is 36.0 Å². The van der Waals surface area contributed by atoms with Crippen molar-refractivity contribution in [3.05, 3.63) is 27.8 Å². The highest BCUT2D eigenvalue weighted by atomic mass is 35.5. The van der Waals surface area contributed by atoms with Crippen LogP contribution in [0.25, 0.3) is 0 Å². The molecule has 0 bridgehead atoms. The number of rotatable bonds is 2. The molecule has 0 saturated heterocycles. The second-order valence-electron chi connectivity index (χ2n) is 4.86. The monoisotopic (exact) mass is 283 g/mol. The van der Waals surface area contributed by atoms with Crippen molar-refractivity contribution in [2.24, 2.45) is 0 Å². The van der Waals surface area contributed by atoms with Crippen LogP contribution in [-0.2, 0) is 12.2 Å². The van der Waals surface area contributed by atoms with Crippen LogP contribution in [0.4, 0.5) is 0 Å². The summed E-state index contributed by atoms with van der Waals surface area (Å²) in [5, 5.41) is 4.94. The number of ether oxygens (including phenoxy) is 1. The van der Waals surface area contributed by atoms with Crippen LogP contribution in [-0.4, -0.2) is 18.9 Å². The molecule has 3 rings (SSSR count). The second kappa shape index (κ2) is 4.95. The first kappa shape index (κ1) is 12.6. The van der Waals surface area contributed by atoms with E-state index in [2.05, 4.69) is 18.3 Å². The van der Waals surface area contributed by atoms with E-state index in [4.69, 9.17) is 16.3 Å². The summed E-state index contributed by atoms with van der Waals surface area (Å²) in [4.78, 5) is 0. The molecule has 0 aromatic heterocycles. The maximum atomic E-state index is 6.52. The summed E-state index contributed by atoms with van der Waals surface area (Å²) in [5.74, 6) is 2.13. The van der Waals surface area contributed by atoms with Crippen molar-refractivity contribution < 1.29 is 4.74 Å². The summed E-state index contributed by atoms with van der Waals surface area (Å²) < 4.78 is 5.81. The Morgan fingerprint density at radius 1 is 1.56 bits per heavy atom. The van der Waals surface area contributed by atoms with E-state index < -0.39 is 0 Å². The molecule has 0 saturated carbocycles. The largest absolute Gasteiger partial charge is 0.493 e. The SMILES string of the molecule is CCC1SCc2c3c(cc(Cl)c2C1NC)CCO3. The normalized spacial score (nSPS) is 25.5. The standard InChI is InChI=1S/C14H18ClNOS/c1-3-11-13(16-2)12-9(7-18-11)14-8(4-5-17-14)6-10(12)15/h6,11,13,16H,3-5,7H2,1-2H3. The predicted octanol–water partition coefficient (Wildman–Crippen LogP) is 3.56. The first-order valence-corrected chi connectivity index (χ1v) is 7.94. The van der Waals surface area contributed by atoms with Crippen LogP contribution in [0.1, 0.15) is 36.1 Å². The molecule has 2 unspecified atom stereocenters. The summed E-state index contributed by atoms with van der Waals surface area (Å²) >= 11 is 8.53. The Hall–Kier alpha value is -0.380. The molecular formula is C14H18ClNOS. The topological polar surface area (TPSA) is 21.3 Å². The lowest BCUT2D eigenvalue weighted by Crippen LogP contribution is -2.31. The van der Waals surface area contributed by atoms with Crippen LogP contribution < -0.4 is 10.1 Å². The molecule has 2 nitrogen and oxygen atoms in total. The molecule has 98 valence electrons. The molecule has 0 fully saturated rings.